The second-order valence-electron chi connectivity index (χ2n) is 9.06. The van der Waals surface area contributed by atoms with Crippen molar-refractivity contribution in [1.82, 2.24) is 10.3 Å². The van der Waals surface area contributed by atoms with E-state index in [2.05, 4.69) is 5.32 Å². The van der Waals surface area contributed by atoms with Crippen molar-refractivity contribution in [2.45, 2.75) is 31.7 Å². The third kappa shape index (κ3) is 5.38. The molecule has 1 amide bonds. The predicted molar refractivity (Wildman–Crippen MR) is 144 cm³/mol. The largest absolute Gasteiger partial charge is 0.467 e. The number of halogens is 2. The van der Waals surface area contributed by atoms with Crippen molar-refractivity contribution < 1.29 is 14.3 Å². The van der Waals surface area contributed by atoms with Gasteiger partial charge < -0.3 is 10.1 Å². The van der Waals surface area contributed by atoms with E-state index < -0.39 is 17.4 Å². The summed E-state index contributed by atoms with van der Waals surface area (Å²) in [5.41, 5.74) is 3.02. The Labute approximate surface area is 220 Å². The van der Waals surface area contributed by atoms with E-state index in [9.17, 15) is 9.59 Å². The number of fused-ring (bicyclic) bond motifs is 1. The molecule has 0 bridgehead atoms. The van der Waals surface area contributed by atoms with Gasteiger partial charge >= 0.3 is 5.97 Å². The smallest absolute Gasteiger partial charge is 0.328 e. The van der Waals surface area contributed by atoms with E-state index in [-0.39, 0.29) is 12.3 Å². The Balaban J connectivity index is 1.58. The van der Waals surface area contributed by atoms with Crippen LogP contribution in [0.5, 0.6) is 0 Å². The Bertz CT molecular complexity index is 1400. The van der Waals surface area contributed by atoms with E-state index in [0.717, 1.165) is 22.0 Å². The van der Waals surface area contributed by atoms with Gasteiger partial charge in [-0.3, -0.25) is 4.79 Å². The summed E-state index contributed by atoms with van der Waals surface area (Å²) in [5, 5.41) is 4.83. The zero-order chi connectivity index (χ0) is 25.9. The lowest BCUT2D eigenvalue weighted by Gasteiger charge is -2.27. The number of amides is 1. The van der Waals surface area contributed by atoms with Crippen LogP contribution < -0.4 is 5.32 Å². The average Bonchev–Trinajstić information content (AvgIpc) is 2.88. The second kappa shape index (κ2) is 10.7. The maximum Gasteiger partial charge on any atom is 0.328 e. The molecule has 0 spiro atoms. The minimum atomic E-state index is -0.836. The molecule has 1 aromatic heterocycles. The number of nitrogens with one attached hydrogen (secondary N) is 1. The van der Waals surface area contributed by atoms with Gasteiger partial charge in [-0.2, -0.15) is 0 Å². The van der Waals surface area contributed by atoms with Gasteiger partial charge in [-0.1, -0.05) is 71.7 Å². The molecule has 184 valence electrons. The van der Waals surface area contributed by atoms with Crippen LogP contribution in [0.15, 0.2) is 78.9 Å². The van der Waals surface area contributed by atoms with Gasteiger partial charge in [0.15, 0.2) is 0 Å². The zero-order valence-corrected chi connectivity index (χ0v) is 21.7. The van der Waals surface area contributed by atoms with Crippen LogP contribution in [0.1, 0.15) is 25.0 Å². The van der Waals surface area contributed by atoms with Gasteiger partial charge in [0.1, 0.15) is 6.04 Å². The van der Waals surface area contributed by atoms with E-state index in [1.165, 1.54) is 7.11 Å². The highest BCUT2D eigenvalue weighted by Gasteiger charge is 2.33. The molecule has 4 aromatic rings. The SMILES string of the molecule is COC(=O)[C@H](Cc1ccc2nc(-c3c(Cl)cccc3Cl)ccc2c1)NC(=O)C(C)(C)c1ccccc1. The number of aromatic nitrogens is 1. The number of hydrogen-bond acceptors (Lipinski definition) is 4. The lowest BCUT2D eigenvalue weighted by atomic mass is 9.83. The quantitative estimate of drug-likeness (QED) is 0.287. The van der Waals surface area contributed by atoms with Crippen molar-refractivity contribution in [2.24, 2.45) is 0 Å². The molecule has 4 rings (SSSR count). The number of carbonyl (C=O) groups excluding carboxylic acids is 2. The summed E-state index contributed by atoms with van der Waals surface area (Å²) < 4.78 is 4.99. The number of methoxy groups -OCH3 is 1. The van der Waals surface area contributed by atoms with Crippen LogP contribution in [0.4, 0.5) is 0 Å². The molecule has 1 atom stereocenters. The lowest BCUT2D eigenvalue weighted by Crippen LogP contribution is -2.49. The highest BCUT2D eigenvalue weighted by atomic mass is 35.5. The number of pyridine rings is 1. The summed E-state index contributed by atoms with van der Waals surface area (Å²) in [6.07, 6.45) is 0.275. The molecule has 0 aliphatic rings. The third-order valence-electron chi connectivity index (χ3n) is 6.27. The van der Waals surface area contributed by atoms with Crippen LogP contribution in [-0.4, -0.2) is 30.0 Å². The van der Waals surface area contributed by atoms with Crippen molar-refractivity contribution in [3.63, 3.8) is 0 Å². The van der Waals surface area contributed by atoms with E-state index in [4.69, 9.17) is 32.9 Å². The fourth-order valence-corrected chi connectivity index (χ4v) is 4.67. The van der Waals surface area contributed by atoms with Crippen LogP contribution in [0.25, 0.3) is 22.2 Å². The lowest BCUT2D eigenvalue weighted by molar-refractivity contribution is -0.145. The molecule has 0 radical (unpaired) electrons. The summed E-state index contributed by atoms with van der Waals surface area (Å²) in [6, 6.07) is 23.5. The predicted octanol–water partition coefficient (Wildman–Crippen LogP) is 6.39. The maximum absolute atomic E-state index is 13.2. The number of ether oxygens (including phenoxy) is 1. The van der Waals surface area contributed by atoms with Crippen molar-refractivity contribution in [3.05, 3.63) is 100 Å². The molecule has 5 nitrogen and oxygen atoms in total. The molecule has 0 fully saturated rings. The monoisotopic (exact) mass is 520 g/mol. The molecule has 0 saturated heterocycles. The van der Waals surface area contributed by atoms with E-state index in [1.54, 1.807) is 18.2 Å². The summed E-state index contributed by atoms with van der Waals surface area (Å²) >= 11 is 12.7. The molecule has 7 heteroatoms. The highest BCUT2D eigenvalue weighted by Crippen LogP contribution is 2.34. The number of hydrogen-bond donors (Lipinski definition) is 1. The minimum Gasteiger partial charge on any atom is -0.467 e. The standard InChI is InChI=1S/C29H26Cl2N2O3/c1-29(2,20-8-5-4-6-9-20)28(35)33-25(27(34)36-3)17-18-12-14-23-19(16-18)13-15-24(32-23)26-21(30)10-7-11-22(26)31/h4-16,25H,17H2,1-3H3,(H,33,35)/t25-/m0/s1. The zero-order valence-electron chi connectivity index (χ0n) is 20.2. The normalized spacial score (nSPS) is 12.2. The molecule has 0 unspecified atom stereocenters. The Hall–Kier alpha value is -3.41. The first-order valence-electron chi connectivity index (χ1n) is 11.5. The average molecular weight is 521 g/mol. The van der Waals surface area contributed by atoms with Gasteiger partial charge in [0.05, 0.1) is 33.8 Å². The number of rotatable bonds is 7. The second-order valence-corrected chi connectivity index (χ2v) is 9.88. The number of benzene rings is 3. The topological polar surface area (TPSA) is 68.3 Å². The Morgan fingerprint density at radius 3 is 2.31 bits per heavy atom. The number of nitrogens with zero attached hydrogens (tertiary/aromatic N) is 1. The maximum atomic E-state index is 13.2. The van der Waals surface area contributed by atoms with Gasteiger partial charge in [0, 0.05) is 17.4 Å². The third-order valence-corrected chi connectivity index (χ3v) is 6.90. The van der Waals surface area contributed by atoms with Crippen LogP contribution in [0.2, 0.25) is 10.0 Å². The molecule has 0 aliphatic heterocycles. The van der Waals surface area contributed by atoms with Crippen LogP contribution in [-0.2, 0) is 26.2 Å². The van der Waals surface area contributed by atoms with Crippen molar-refractivity contribution in [3.8, 4) is 11.3 Å². The molecular weight excluding hydrogens is 495 g/mol. The van der Waals surface area contributed by atoms with Crippen LogP contribution in [0, 0.1) is 0 Å². The fraction of sp³-hybridized carbons (Fsp3) is 0.207. The molecule has 0 aliphatic carbocycles. The Kier molecular flexibility index (Phi) is 7.62. The molecule has 1 heterocycles. The number of esters is 1. The van der Waals surface area contributed by atoms with Gasteiger partial charge in [0.2, 0.25) is 5.91 Å². The van der Waals surface area contributed by atoms with Crippen molar-refractivity contribution in [1.29, 1.82) is 0 Å². The molecular formula is C29H26Cl2N2O3. The van der Waals surface area contributed by atoms with Gasteiger partial charge in [-0.15, -0.1) is 0 Å². The summed E-state index contributed by atoms with van der Waals surface area (Å²) in [7, 11) is 1.31. The molecule has 3 aromatic carbocycles. The van der Waals surface area contributed by atoms with E-state index in [0.29, 0.717) is 21.3 Å². The van der Waals surface area contributed by atoms with Crippen molar-refractivity contribution in [2.75, 3.05) is 7.11 Å². The minimum absolute atomic E-state index is 0.257. The highest BCUT2D eigenvalue weighted by molar-refractivity contribution is 6.39. The number of carbonyl (C=O) groups is 2. The van der Waals surface area contributed by atoms with E-state index >= 15 is 0 Å². The molecule has 36 heavy (non-hydrogen) atoms. The Morgan fingerprint density at radius 2 is 1.64 bits per heavy atom. The van der Waals surface area contributed by atoms with Crippen molar-refractivity contribution >= 4 is 46.0 Å². The molecule has 1 N–H and O–H groups in total. The van der Waals surface area contributed by atoms with E-state index in [1.807, 2.05) is 74.5 Å². The van der Waals surface area contributed by atoms with Crippen LogP contribution >= 0.6 is 23.2 Å². The summed E-state index contributed by atoms with van der Waals surface area (Å²) in [4.78, 5) is 30.5. The first kappa shape index (κ1) is 25.7. The van der Waals surface area contributed by atoms with Gasteiger partial charge in [-0.25, -0.2) is 9.78 Å². The van der Waals surface area contributed by atoms with Gasteiger partial charge in [-0.05, 0) is 55.3 Å². The van der Waals surface area contributed by atoms with Crippen LogP contribution in [0.3, 0.4) is 0 Å². The van der Waals surface area contributed by atoms with Gasteiger partial charge in [0.25, 0.3) is 0 Å². The first-order chi connectivity index (χ1) is 17.2. The molecule has 0 saturated carbocycles. The fourth-order valence-electron chi connectivity index (χ4n) is 4.08. The summed E-state index contributed by atoms with van der Waals surface area (Å²) in [5.74, 6) is -0.762. The first-order valence-corrected chi connectivity index (χ1v) is 12.2. The summed E-state index contributed by atoms with van der Waals surface area (Å²) in [6.45, 7) is 3.66. The Morgan fingerprint density at radius 1 is 0.944 bits per heavy atom.